The van der Waals surface area contributed by atoms with E-state index in [1.54, 1.807) is 0 Å². The van der Waals surface area contributed by atoms with Gasteiger partial charge in [0.15, 0.2) is 0 Å². The van der Waals surface area contributed by atoms with Crippen LogP contribution in [0.3, 0.4) is 0 Å². The van der Waals surface area contributed by atoms with E-state index in [1.165, 1.54) is 5.56 Å². The Morgan fingerprint density at radius 2 is 2.31 bits per heavy atom. The maximum Gasteiger partial charge on any atom is 0.146 e. The van der Waals surface area contributed by atoms with Gasteiger partial charge >= 0.3 is 0 Å². The van der Waals surface area contributed by atoms with E-state index in [2.05, 4.69) is 28.7 Å². The number of ether oxygens (including phenoxy) is 1. The third-order valence-electron chi connectivity index (χ3n) is 1.63. The number of benzene rings is 1. The zero-order valence-electron chi connectivity index (χ0n) is 7.66. The highest BCUT2D eigenvalue weighted by Crippen LogP contribution is 2.16. The molecule has 0 heterocycles. The highest BCUT2D eigenvalue weighted by Gasteiger charge is 1.99. The van der Waals surface area contributed by atoms with E-state index >= 15 is 0 Å². The maximum atomic E-state index is 5.55. The second-order valence-corrected chi connectivity index (χ2v) is 4.60. The minimum absolute atomic E-state index is 0.200. The fourth-order valence-corrected chi connectivity index (χ4v) is 1.42. The average molecular weight is 291 g/mol. The predicted octanol–water partition coefficient (Wildman–Crippen LogP) is 2.35. The first-order valence-electron chi connectivity index (χ1n) is 4.32. The van der Waals surface area contributed by atoms with Gasteiger partial charge in [0.25, 0.3) is 0 Å². The van der Waals surface area contributed by atoms with Gasteiger partial charge in [-0.3, -0.25) is 0 Å². The van der Waals surface area contributed by atoms with Crippen molar-refractivity contribution in [3.05, 3.63) is 29.8 Å². The van der Waals surface area contributed by atoms with Gasteiger partial charge in [0.1, 0.15) is 9.86 Å². The Morgan fingerprint density at radius 1 is 1.54 bits per heavy atom. The molecule has 0 aliphatic heterocycles. The molecule has 0 saturated carbocycles. The van der Waals surface area contributed by atoms with Gasteiger partial charge in [-0.2, -0.15) is 0 Å². The predicted molar refractivity (Wildman–Crippen MR) is 63.3 cm³/mol. The van der Waals surface area contributed by atoms with Crippen LogP contribution in [-0.4, -0.2) is 10.7 Å². The van der Waals surface area contributed by atoms with Crippen LogP contribution in [0, 0.1) is 0 Å². The van der Waals surface area contributed by atoms with Crippen molar-refractivity contribution < 1.29 is 4.74 Å². The summed E-state index contributed by atoms with van der Waals surface area (Å²) in [5.41, 5.74) is 6.70. The van der Waals surface area contributed by atoms with E-state index in [9.17, 15) is 0 Å². The number of alkyl halides is 1. The summed E-state index contributed by atoms with van der Waals surface area (Å²) in [5, 5.41) is 0. The van der Waals surface area contributed by atoms with Crippen LogP contribution in [0.1, 0.15) is 12.5 Å². The number of hydrogen-bond donors (Lipinski definition) is 1. The molecule has 0 aliphatic carbocycles. The molecule has 0 spiro atoms. The van der Waals surface area contributed by atoms with E-state index in [-0.39, 0.29) is 4.11 Å². The fraction of sp³-hybridized carbons (Fsp3) is 0.400. The van der Waals surface area contributed by atoms with Gasteiger partial charge in [-0.1, -0.05) is 12.1 Å². The summed E-state index contributed by atoms with van der Waals surface area (Å²) in [7, 11) is 0. The van der Waals surface area contributed by atoms with Crippen LogP contribution in [0.15, 0.2) is 24.3 Å². The van der Waals surface area contributed by atoms with Gasteiger partial charge in [0, 0.05) is 0 Å². The molecule has 2 N–H and O–H groups in total. The number of hydrogen-bond acceptors (Lipinski definition) is 2. The molecule has 0 fully saturated rings. The van der Waals surface area contributed by atoms with Crippen molar-refractivity contribution in [1.82, 2.24) is 0 Å². The van der Waals surface area contributed by atoms with Crippen molar-refractivity contribution >= 4 is 22.6 Å². The standard InChI is InChI=1S/C10H14INO/c1-8(11)13-10-4-2-3-9(7-10)5-6-12/h2-4,7-8H,5-6,12H2,1H3. The molecular formula is C10H14INO. The quantitative estimate of drug-likeness (QED) is 0.682. The molecule has 0 bridgehead atoms. The first kappa shape index (κ1) is 10.8. The normalized spacial score (nSPS) is 12.5. The van der Waals surface area contributed by atoms with Crippen LogP contribution in [0.2, 0.25) is 0 Å². The molecule has 0 saturated heterocycles. The van der Waals surface area contributed by atoms with Gasteiger partial charge in [-0.25, -0.2) is 0 Å². The number of halogens is 1. The van der Waals surface area contributed by atoms with E-state index in [0.717, 1.165) is 12.2 Å². The Balaban J connectivity index is 2.67. The third kappa shape index (κ3) is 3.95. The minimum Gasteiger partial charge on any atom is -0.480 e. The number of rotatable bonds is 4. The minimum atomic E-state index is 0.200. The second-order valence-electron chi connectivity index (χ2n) is 2.85. The molecule has 1 aromatic carbocycles. The molecule has 1 unspecified atom stereocenters. The second kappa shape index (κ2) is 5.44. The molecular weight excluding hydrogens is 277 g/mol. The molecule has 0 radical (unpaired) electrons. The first-order chi connectivity index (χ1) is 6.22. The van der Waals surface area contributed by atoms with Crippen LogP contribution >= 0.6 is 22.6 Å². The SMILES string of the molecule is CC(I)Oc1cccc(CCN)c1. The average Bonchev–Trinajstić information content (AvgIpc) is 2.04. The fourth-order valence-electron chi connectivity index (χ4n) is 1.13. The lowest BCUT2D eigenvalue weighted by Crippen LogP contribution is -2.04. The lowest BCUT2D eigenvalue weighted by molar-refractivity contribution is 0.322. The highest BCUT2D eigenvalue weighted by molar-refractivity contribution is 14.1. The smallest absolute Gasteiger partial charge is 0.146 e. The van der Waals surface area contributed by atoms with Gasteiger partial charge < -0.3 is 10.5 Å². The molecule has 1 atom stereocenters. The summed E-state index contributed by atoms with van der Waals surface area (Å²) in [6, 6.07) is 8.08. The van der Waals surface area contributed by atoms with Crippen molar-refractivity contribution in [2.45, 2.75) is 17.5 Å². The van der Waals surface area contributed by atoms with Crippen molar-refractivity contribution in [2.75, 3.05) is 6.54 Å². The van der Waals surface area contributed by atoms with Crippen LogP contribution < -0.4 is 10.5 Å². The molecule has 1 rings (SSSR count). The van der Waals surface area contributed by atoms with Crippen LogP contribution in [-0.2, 0) is 6.42 Å². The Labute approximate surface area is 92.6 Å². The van der Waals surface area contributed by atoms with Crippen molar-refractivity contribution in [2.24, 2.45) is 5.73 Å². The highest BCUT2D eigenvalue weighted by atomic mass is 127. The Hall–Kier alpha value is -0.290. The molecule has 2 nitrogen and oxygen atoms in total. The Bertz CT molecular complexity index is 263. The van der Waals surface area contributed by atoms with Gasteiger partial charge in [0.2, 0.25) is 0 Å². The lowest BCUT2D eigenvalue weighted by atomic mass is 10.1. The molecule has 0 aliphatic rings. The summed E-state index contributed by atoms with van der Waals surface area (Å²) in [6.07, 6.45) is 0.910. The van der Waals surface area contributed by atoms with Gasteiger partial charge in [-0.05, 0) is 60.2 Å². The van der Waals surface area contributed by atoms with Crippen molar-refractivity contribution in [3.63, 3.8) is 0 Å². The molecule has 13 heavy (non-hydrogen) atoms. The molecule has 3 heteroatoms. The van der Waals surface area contributed by atoms with Crippen LogP contribution in [0.25, 0.3) is 0 Å². The summed E-state index contributed by atoms with van der Waals surface area (Å²) < 4.78 is 5.75. The first-order valence-corrected chi connectivity index (χ1v) is 5.56. The number of nitrogens with two attached hydrogens (primary N) is 1. The van der Waals surface area contributed by atoms with Crippen molar-refractivity contribution in [1.29, 1.82) is 0 Å². The van der Waals surface area contributed by atoms with E-state index in [0.29, 0.717) is 6.54 Å². The topological polar surface area (TPSA) is 35.2 Å². The van der Waals surface area contributed by atoms with Gasteiger partial charge in [0.05, 0.1) is 0 Å². The van der Waals surface area contributed by atoms with Crippen LogP contribution in [0.4, 0.5) is 0 Å². The maximum absolute atomic E-state index is 5.55. The van der Waals surface area contributed by atoms with E-state index in [1.807, 2.05) is 25.1 Å². The Morgan fingerprint density at radius 3 is 2.92 bits per heavy atom. The third-order valence-corrected chi connectivity index (χ3v) is 1.88. The summed E-state index contributed by atoms with van der Waals surface area (Å²) in [4.78, 5) is 0. The molecule has 0 amide bonds. The van der Waals surface area contributed by atoms with Crippen molar-refractivity contribution in [3.8, 4) is 5.75 Å². The van der Waals surface area contributed by atoms with Crippen LogP contribution in [0.5, 0.6) is 5.75 Å². The summed E-state index contributed by atoms with van der Waals surface area (Å²) >= 11 is 2.23. The molecule has 1 aromatic rings. The van der Waals surface area contributed by atoms with E-state index < -0.39 is 0 Å². The van der Waals surface area contributed by atoms with E-state index in [4.69, 9.17) is 10.5 Å². The zero-order chi connectivity index (χ0) is 9.68. The molecule has 72 valence electrons. The summed E-state index contributed by atoms with van der Waals surface area (Å²) in [5.74, 6) is 0.924. The molecule has 0 aromatic heterocycles. The zero-order valence-corrected chi connectivity index (χ0v) is 9.82. The van der Waals surface area contributed by atoms with Gasteiger partial charge in [-0.15, -0.1) is 0 Å². The Kier molecular flexibility index (Phi) is 4.52. The lowest BCUT2D eigenvalue weighted by Gasteiger charge is -2.09. The monoisotopic (exact) mass is 291 g/mol. The largest absolute Gasteiger partial charge is 0.480 e. The summed E-state index contributed by atoms with van der Waals surface area (Å²) in [6.45, 7) is 2.69.